The Bertz CT molecular complexity index is 1900. The first-order chi connectivity index (χ1) is 46.6. The quantitative estimate of drug-likeness (QED) is 0.0222. The molecule has 0 aliphatic carbocycles. The van der Waals surface area contributed by atoms with Crippen LogP contribution in [0.5, 0.6) is 0 Å². The Morgan fingerprint density at radius 1 is 0.258 bits per heavy atom. The largest absolute Gasteiger partial charge is 0.472 e. The van der Waals surface area contributed by atoms with Gasteiger partial charge in [0.2, 0.25) is 0 Å². The second-order valence-corrected chi connectivity index (χ2v) is 32.9. The molecule has 0 aliphatic rings. The number of phosphoric ester groups is 2. The molecule has 19 heteroatoms. The average molecular weight is 1420 g/mol. The average Bonchev–Trinajstić information content (AvgIpc) is 1.92. The Kier molecular flexibility index (Phi) is 65.9. The van der Waals surface area contributed by atoms with Gasteiger partial charge in [0.05, 0.1) is 26.4 Å². The van der Waals surface area contributed by atoms with E-state index in [1.165, 1.54) is 193 Å². The second-order valence-electron chi connectivity index (χ2n) is 30.0. The molecule has 0 spiro atoms. The Labute approximate surface area is 594 Å². The van der Waals surface area contributed by atoms with E-state index >= 15 is 0 Å². The minimum absolute atomic E-state index is 0.106. The van der Waals surface area contributed by atoms with Crippen LogP contribution in [0.15, 0.2) is 0 Å². The van der Waals surface area contributed by atoms with Crippen molar-refractivity contribution in [2.45, 2.75) is 414 Å². The van der Waals surface area contributed by atoms with Gasteiger partial charge >= 0.3 is 39.5 Å². The van der Waals surface area contributed by atoms with Gasteiger partial charge in [-0.25, -0.2) is 9.13 Å². The number of aliphatic hydroxyl groups is 1. The van der Waals surface area contributed by atoms with Crippen molar-refractivity contribution in [3.63, 3.8) is 0 Å². The summed E-state index contributed by atoms with van der Waals surface area (Å²) in [6, 6.07) is 0. The van der Waals surface area contributed by atoms with Crippen LogP contribution in [-0.4, -0.2) is 96.7 Å². The molecule has 3 N–H and O–H groups in total. The van der Waals surface area contributed by atoms with Gasteiger partial charge in [-0.05, 0) is 49.4 Å². The Balaban J connectivity index is 5.18. The maximum Gasteiger partial charge on any atom is 0.472 e. The van der Waals surface area contributed by atoms with E-state index in [1.807, 2.05) is 0 Å². The third kappa shape index (κ3) is 72.2. The summed E-state index contributed by atoms with van der Waals surface area (Å²) < 4.78 is 68.5. The molecule has 0 aliphatic heterocycles. The molecule has 0 aromatic heterocycles. The second kappa shape index (κ2) is 67.2. The molecular weight excluding hydrogens is 1270 g/mol. The number of unbranched alkanes of at least 4 members (excludes halogenated alkanes) is 41. The summed E-state index contributed by atoms with van der Waals surface area (Å²) in [5.74, 6) is 0.891. The summed E-state index contributed by atoms with van der Waals surface area (Å²) >= 11 is 0. The highest BCUT2D eigenvalue weighted by Gasteiger charge is 2.30. The van der Waals surface area contributed by atoms with Crippen LogP contribution in [0.4, 0.5) is 0 Å². The fourth-order valence-electron chi connectivity index (χ4n) is 11.9. The molecule has 0 aromatic carbocycles. The van der Waals surface area contributed by atoms with Crippen LogP contribution in [0.1, 0.15) is 396 Å². The maximum atomic E-state index is 13.1. The number of carbonyl (C=O) groups excluding carboxylic acids is 4. The van der Waals surface area contributed by atoms with E-state index in [9.17, 15) is 43.2 Å². The molecular formula is C78H152O17P2. The predicted octanol–water partition coefficient (Wildman–Crippen LogP) is 22.8. The number of rotatable bonds is 75. The lowest BCUT2D eigenvalue weighted by Gasteiger charge is -2.21. The first-order valence-corrected chi connectivity index (χ1v) is 43.2. The fourth-order valence-corrected chi connectivity index (χ4v) is 13.5. The lowest BCUT2D eigenvalue weighted by atomic mass is 10.0. The van der Waals surface area contributed by atoms with Gasteiger partial charge in [-0.15, -0.1) is 0 Å². The van der Waals surface area contributed by atoms with Crippen LogP contribution in [0.3, 0.4) is 0 Å². The molecule has 17 nitrogen and oxygen atoms in total. The van der Waals surface area contributed by atoms with Gasteiger partial charge in [0, 0.05) is 25.7 Å². The van der Waals surface area contributed by atoms with Gasteiger partial charge in [-0.2, -0.15) is 0 Å². The van der Waals surface area contributed by atoms with E-state index in [-0.39, 0.29) is 25.7 Å². The molecule has 0 saturated heterocycles. The number of phosphoric acid groups is 2. The van der Waals surface area contributed by atoms with Gasteiger partial charge in [0.1, 0.15) is 19.3 Å². The van der Waals surface area contributed by atoms with Crippen molar-refractivity contribution in [1.82, 2.24) is 0 Å². The summed E-state index contributed by atoms with van der Waals surface area (Å²) in [4.78, 5) is 72.8. The third-order valence-electron chi connectivity index (χ3n) is 18.1. The fraction of sp³-hybridized carbons (Fsp3) is 0.949. The Morgan fingerprint density at radius 2 is 0.433 bits per heavy atom. The predicted molar refractivity (Wildman–Crippen MR) is 395 cm³/mol. The lowest BCUT2D eigenvalue weighted by molar-refractivity contribution is -0.161. The number of carbonyl (C=O) groups is 4. The van der Waals surface area contributed by atoms with Crippen molar-refractivity contribution >= 4 is 39.5 Å². The molecule has 5 atom stereocenters. The third-order valence-corrected chi connectivity index (χ3v) is 20.0. The smallest absolute Gasteiger partial charge is 0.462 e. The number of aliphatic hydroxyl groups excluding tert-OH is 1. The molecule has 0 fully saturated rings. The van der Waals surface area contributed by atoms with E-state index in [1.54, 1.807) is 0 Å². The molecule has 0 saturated carbocycles. The van der Waals surface area contributed by atoms with Gasteiger partial charge in [-0.1, -0.05) is 344 Å². The van der Waals surface area contributed by atoms with Crippen LogP contribution < -0.4 is 0 Å². The van der Waals surface area contributed by atoms with Crippen LogP contribution in [0.2, 0.25) is 0 Å². The van der Waals surface area contributed by atoms with Crippen molar-refractivity contribution in [2.24, 2.45) is 23.7 Å². The van der Waals surface area contributed by atoms with Gasteiger partial charge in [0.15, 0.2) is 12.2 Å². The first kappa shape index (κ1) is 95.1. The summed E-state index contributed by atoms with van der Waals surface area (Å²) in [5.41, 5.74) is 0. The highest BCUT2D eigenvalue weighted by Crippen LogP contribution is 2.45. The summed E-state index contributed by atoms with van der Waals surface area (Å²) in [5, 5.41) is 10.6. The van der Waals surface area contributed by atoms with Crippen LogP contribution in [-0.2, 0) is 65.4 Å². The molecule has 0 aromatic rings. The van der Waals surface area contributed by atoms with Gasteiger partial charge in [-0.3, -0.25) is 37.3 Å². The van der Waals surface area contributed by atoms with Gasteiger partial charge in [0.25, 0.3) is 0 Å². The van der Waals surface area contributed by atoms with Crippen molar-refractivity contribution in [3.05, 3.63) is 0 Å². The standard InChI is InChI=1S/C78H152O17P2/c1-68(2)54-46-38-30-24-20-16-13-11-9-10-12-14-18-22-26-34-44-52-60-77(82)94-73(64-88-75(80)58-50-42-33-29-28-32-40-48-56-70(5)6)66-92-96(84,85)90-62-72(79)63-91-97(86,87)93-67-74(65-89-76(81)59-51-43-37-36-41-49-57-71(7)8)95-78(83)61-53-45-35-27-23-19-15-17-21-25-31-39-47-55-69(3)4/h68-74,79H,9-67H2,1-8H3,(H,84,85)(H,86,87)/t72-,73-,74-/m1/s1. The SMILES string of the molecule is CC(C)CCCCCCCCCCCCCCCCCCCCC(=O)O[C@H](COC(=O)CCCCCCCCCCC(C)C)COP(=O)(O)OC[C@@H](O)COP(=O)(O)OC[C@@H](COC(=O)CCCCCCCCC(C)C)OC(=O)CCCCCCCCCCCCCCCC(C)C. The van der Waals surface area contributed by atoms with Crippen molar-refractivity contribution in [1.29, 1.82) is 0 Å². The Hall–Kier alpha value is -1.94. The van der Waals surface area contributed by atoms with Crippen molar-refractivity contribution < 1.29 is 80.2 Å². The van der Waals surface area contributed by atoms with Crippen molar-refractivity contribution in [3.8, 4) is 0 Å². The number of esters is 4. The zero-order valence-electron chi connectivity index (χ0n) is 63.7. The number of hydrogen-bond acceptors (Lipinski definition) is 15. The van der Waals surface area contributed by atoms with Crippen LogP contribution in [0, 0.1) is 23.7 Å². The van der Waals surface area contributed by atoms with E-state index in [0.717, 1.165) is 114 Å². The van der Waals surface area contributed by atoms with E-state index in [4.69, 9.17) is 37.0 Å². The first-order valence-electron chi connectivity index (χ1n) is 40.2. The maximum absolute atomic E-state index is 13.1. The monoisotopic (exact) mass is 1420 g/mol. The van der Waals surface area contributed by atoms with Crippen LogP contribution in [0.25, 0.3) is 0 Å². The van der Waals surface area contributed by atoms with Crippen molar-refractivity contribution in [2.75, 3.05) is 39.6 Å². The zero-order chi connectivity index (χ0) is 71.7. The van der Waals surface area contributed by atoms with E-state index < -0.39 is 97.5 Å². The van der Waals surface area contributed by atoms with Crippen LogP contribution >= 0.6 is 15.6 Å². The molecule has 2 unspecified atom stereocenters. The molecule has 0 bridgehead atoms. The topological polar surface area (TPSA) is 237 Å². The highest BCUT2D eigenvalue weighted by molar-refractivity contribution is 7.47. The summed E-state index contributed by atoms with van der Waals surface area (Å²) in [7, 11) is -9.91. The molecule has 0 rings (SSSR count). The minimum atomic E-state index is -4.96. The van der Waals surface area contributed by atoms with Gasteiger partial charge < -0.3 is 33.8 Å². The zero-order valence-corrected chi connectivity index (χ0v) is 65.5. The normalized spacial score (nSPS) is 14.1. The summed E-state index contributed by atoms with van der Waals surface area (Å²) in [6.45, 7) is 14.1. The number of hydrogen-bond donors (Lipinski definition) is 3. The lowest BCUT2D eigenvalue weighted by Crippen LogP contribution is -2.30. The van der Waals surface area contributed by atoms with E-state index in [0.29, 0.717) is 31.6 Å². The molecule has 0 radical (unpaired) electrons. The molecule has 0 amide bonds. The summed E-state index contributed by atoms with van der Waals surface area (Å²) in [6.07, 6.45) is 53.0. The minimum Gasteiger partial charge on any atom is -0.462 e. The molecule has 576 valence electrons. The Morgan fingerprint density at radius 3 is 0.639 bits per heavy atom. The number of ether oxygens (including phenoxy) is 4. The molecule has 0 heterocycles. The van der Waals surface area contributed by atoms with E-state index in [2.05, 4.69) is 55.4 Å². The molecule has 97 heavy (non-hydrogen) atoms. The highest BCUT2D eigenvalue weighted by atomic mass is 31.2.